The summed E-state index contributed by atoms with van der Waals surface area (Å²) in [6.45, 7) is 0. The number of hydrogen-bond donors (Lipinski definition) is 1. The Morgan fingerprint density at radius 1 is 1.10 bits per heavy atom. The first-order valence-corrected chi connectivity index (χ1v) is 8.65. The van der Waals surface area contributed by atoms with Gasteiger partial charge in [-0.1, -0.05) is 18.2 Å². The average molecular weight is 389 g/mol. The van der Waals surface area contributed by atoms with Crippen molar-refractivity contribution < 1.29 is 18.9 Å². The summed E-state index contributed by atoms with van der Waals surface area (Å²) in [7, 11) is 1.53. The molecule has 4 rings (SSSR count). The van der Waals surface area contributed by atoms with Crippen LogP contribution in [0.2, 0.25) is 0 Å². The van der Waals surface area contributed by atoms with E-state index in [0.717, 1.165) is 0 Å². The number of nitrogens with zero attached hydrogens (tertiary/aromatic N) is 2. The topological polar surface area (TPSA) is 108 Å². The maximum absolute atomic E-state index is 12.7. The lowest BCUT2D eigenvalue weighted by Crippen LogP contribution is -2.12. The number of benzene rings is 3. The van der Waals surface area contributed by atoms with Crippen LogP contribution in [0.1, 0.15) is 10.4 Å². The molecule has 0 saturated carbocycles. The smallest absolute Gasteiger partial charge is 0.271 e. The van der Waals surface area contributed by atoms with E-state index in [1.54, 1.807) is 48.5 Å². The Morgan fingerprint density at radius 2 is 1.93 bits per heavy atom. The first kappa shape index (κ1) is 18.2. The predicted molar refractivity (Wildman–Crippen MR) is 107 cm³/mol. The molecule has 29 heavy (non-hydrogen) atoms. The third kappa shape index (κ3) is 3.63. The van der Waals surface area contributed by atoms with Crippen molar-refractivity contribution in [1.82, 2.24) is 4.98 Å². The number of amides is 1. The monoisotopic (exact) mass is 389 g/mol. The SMILES string of the molecule is COc1cccc(C(=O)Nc2ccccc2-c2nc3cc([N+](=O)[O-])ccc3o2)c1. The van der Waals surface area contributed by atoms with Gasteiger partial charge in [-0.3, -0.25) is 14.9 Å². The number of aromatic nitrogens is 1. The minimum absolute atomic E-state index is 0.0723. The summed E-state index contributed by atoms with van der Waals surface area (Å²) in [6, 6.07) is 18.0. The summed E-state index contributed by atoms with van der Waals surface area (Å²) in [6.07, 6.45) is 0. The van der Waals surface area contributed by atoms with Crippen molar-refractivity contribution in [3.63, 3.8) is 0 Å². The summed E-state index contributed by atoms with van der Waals surface area (Å²) in [5.41, 5.74) is 2.20. The van der Waals surface area contributed by atoms with Crippen LogP contribution in [0.3, 0.4) is 0 Å². The lowest BCUT2D eigenvalue weighted by Gasteiger charge is -2.09. The summed E-state index contributed by atoms with van der Waals surface area (Å²) in [4.78, 5) is 27.5. The van der Waals surface area contributed by atoms with Crippen LogP contribution in [0.5, 0.6) is 5.75 Å². The van der Waals surface area contributed by atoms with Gasteiger partial charge in [-0.05, 0) is 36.4 Å². The zero-order valence-corrected chi connectivity index (χ0v) is 15.3. The van der Waals surface area contributed by atoms with Crippen LogP contribution in [-0.4, -0.2) is 22.9 Å². The van der Waals surface area contributed by atoms with Gasteiger partial charge in [0.1, 0.15) is 11.3 Å². The fraction of sp³-hybridized carbons (Fsp3) is 0.0476. The number of rotatable bonds is 5. The number of oxazole rings is 1. The maximum Gasteiger partial charge on any atom is 0.271 e. The number of methoxy groups -OCH3 is 1. The second-order valence-corrected chi connectivity index (χ2v) is 6.16. The van der Waals surface area contributed by atoms with Crippen molar-refractivity contribution in [2.24, 2.45) is 0 Å². The second-order valence-electron chi connectivity index (χ2n) is 6.16. The quantitative estimate of drug-likeness (QED) is 0.393. The van der Waals surface area contributed by atoms with Crippen molar-refractivity contribution >= 4 is 28.4 Å². The van der Waals surface area contributed by atoms with Crippen LogP contribution in [0, 0.1) is 10.1 Å². The first-order chi connectivity index (χ1) is 14.0. The van der Waals surface area contributed by atoms with Crippen molar-refractivity contribution in [2.45, 2.75) is 0 Å². The Labute approximate surface area is 164 Å². The van der Waals surface area contributed by atoms with Crippen molar-refractivity contribution in [3.8, 4) is 17.2 Å². The van der Waals surface area contributed by atoms with E-state index in [4.69, 9.17) is 9.15 Å². The zero-order valence-electron chi connectivity index (χ0n) is 15.3. The van der Waals surface area contributed by atoms with Crippen LogP contribution in [0.4, 0.5) is 11.4 Å². The van der Waals surface area contributed by atoms with E-state index >= 15 is 0 Å². The number of anilines is 1. The fourth-order valence-electron chi connectivity index (χ4n) is 2.88. The van der Waals surface area contributed by atoms with Crippen LogP contribution < -0.4 is 10.1 Å². The van der Waals surface area contributed by atoms with E-state index in [-0.39, 0.29) is 17.5 Å². The highest BCUT2D eigenvalue weighted by atomic mass is 16.6. The van der Waals surface area contributed by atoms with Crippen molar-refractivity contribution in [3.05, 3.63) is 82.4 Å². The normalized spacial score (nSPS) is 10.7. The molecule has 0 aliphatic carbocycles. The Hall–Kier alpha value is -4.20. The highest BCUT2D eigenvalue weighted by Crippen LogP contribution is 2.31. The minimum atomic E-state index is -0.490. The second kappa shape index (κ2) is 7.43. The van der Waals surface area contributed by atoms with Crippen LogP contribution in [0.15, 0.2) is 71.1 Å². The van der Waals surface area contributed by atoms with E-state index in [1.807, 2.05) is 0 Å². The molecule has 144 valence electrons. The standard InChI is InChI=1S/C21H15N3O5/c1-28-15-6-4-5-13(11-15)20(25)22-17-8-3-2-7-16(17)21-23-18-12-14(24(26)27)9-10-19(18)29-21/h2-12H,1H3,(H,22,25). The van der Waals surface area contributed by atoms with E-state index < -0.39 is 4.92 Å². The van der Waals surface area contributed by atoms with Gasteiger partial charge in [-0.15, -0.1) is 0 Å². The summed E-state index contributed by atoms with van der Waals surface area (Å²) in [5, 5.41) is 13.8. The molecule has 8 nitrogen and oxygen atoms in total. The Bertz CT molecular complexity index is 1230. The molecule has 0 radical (unpaired) electrons. The summed E-state index contributed by atoms with van der Waals surface area (Å²) in [5.74, 6) is 0.511. The highest BCUT2D eigenvalue weighted by molar-refractivity contribution is 6.06. The minimum Gasteiger partial charge on any atom is -0.497 e. The highest BCUT2D eigenvalue weighted by Gasteiger charge is 2.17. The number of ether oxygens (including phenoxy) is 1. The molecule has 0 aliphatic heterocycles. The Morgan fingerprint density at radius 3 is 2.72 bits per heavy atom. The molecule has 1 N–H and O–H groups in total. The number of non-ortho nitro benzene ring substituents is 1. The van der Waals surface area contributed by atoms with E-state index in [0.29, 0.717) is 33.7 Å². The molecule has 3 aromatic carbocycles. The number of carbonyl (C=O) groups is 1. The third-order valence-electron chi connectivity index (χ3n) is 4.32. The van der Waals surface area contributed by atoms with E-state index in [1.165, 1.54) is 25.3 Å². The van der Waals surface area contributed by atoms with E-state index in [9.17, 15) is 14.9 Å². The van der Waals surface area contributed by atoms with Crippen molar-refractivity contribution in [1.29, 1.82) is 0 Å². The Kier molecular flexibility index (Phi) is 4.66. The molecular formula is C21H15N3O5. The number of nitro groups is 1. The van der Waals surface area contributed by atoms with Crippen LogP contribution in [-0.2, 0) is 0 Å². The zero-order chi connectivity index (χ0) is 20.4. The number of carbonyl (C=O) groups excluding carboxylic acids is 1. The molecule has 4 aromatic rings. The largest absolute Gasteiger partial charge is 0.497 e. The number of nitro benzene ring substituents is 1. The third-order valence-corrected chi connectivity index (χ3v) is 4.32. The lowest BCUT2D eigenvalue weighted by molar-refractivity contribution is -0.384. The molecule has 0 bridgehead atoms. The number of hydrogen-bond acceptors (Lipinski definition) is 6. The maximum atomic E-state index is 12.7. The van der Waals surface area contributed by atoms with Gasteiger partial charge >= 0.3 is 0 Å². The molecule has 8 heteroatoms. The van der Waals surface area contributed by atoms with Crippen molar-refractivity contribution in [2.75, 3.05) is 12.4 Å². The Balaban J connectivity index is 1.69. The van der Waals surface area contributed by atoms with Gasteiger partial charge in [0.15, 0.2) is 5.58 Å². The van der Waals surface area contributed by atoms with Gasteiger partial charge in [0.05, 0.1) is 23.3 Å². The number of fused-ring (bicyclic) bond motifs is 1. The molecule has 0 fully saturated rings. The van der Waals surface area contributed by atoms with Gasteiger partial charge in [0.25, 0.3) is 11.6 Å². The van der Waals surface area contributed by atoms with Gasteiger partial charge in [0.2, 0.25) is 5.89 Å². The number of para-hydroxylation sites is 1. The molecule has 0 spiro atoms. The lowest BCUT2D eigenvalue weighted by atomic mass is 10.1. The molecule has 1 aromatic heterocycles. The molecule has 0 atom stereocenters. The summed E-state index contributed by atoms with van der Waals surface area (Å²) < 4.78 is 10.9. The van der Waals surface area contributed by atoms with Gasteiger partial charge in [0, 0.05) is 17.7 Å². The van der Waals surface area contributed by atoms with E-state index in [2.05, 4.69) is 10.3 Å². The molecule has 0 unspecified atom stereocenters. The van der Waals surface area contributed by atoms with Crippen LogP contribution in [0.25, 0.3) is 22.6 Å². The molecular weight excluding hydrogens is 374 g/mol. The molecule has 1 amide bonds. The fourth-order valence-corrected chi connectivity index (χ4v) is 2.88. The summed E-state index contributed by atoms with van der Waals surface area (Å²) >= 11 is 0. The predicted octanol–water partition coefficient (Wildman–Crippen LogP) is 4.66. The first-order valence-electron chi connectivity index (χ1n) is 8.65. The molecule has 0 aliphatic rings. The average Bonchev–Trinajstić information content (AvgIpc) is 3.17. The number of nitrogens with one attached hydrogen (secondary N) is 1. The molecule has 0 saturated heterocycles. The van der Waals surface area contributed by atoms with Gasteiger partial charge in [-0.2, -0.15) is 0 Å². The van der Waals surface area contributed by atoms with Gasteiger partial charge < -0.3 is 14.5 Å². The molecule has 1 heterocycles. The van der Waals surface area contributed by atoms with Gasteiger partial charge in [-0.25, -0.2) is 4.98 Å². The van der Waals surface area contributed by atoms with Crippen LogP contribution >= 0.6 is 0 Å².